The topological polar surface area (TPSA) is 114 Å². The third kappa shape index (κ3) is 5.12. The molecule has 2 amide bonds. The molecule has 0 saturated heterocycles. The van der Waals surface area contributed by atoms with Gasteiger partial charge in [-0.15, -0.1) is 0 Å². The highest BCUT2D eigenvalue weighted by Crippen LogP contribution is 2.21. The average Bonchev–Trinajstić information content (AvgIpc) is 3.25. The van der Waals surface area contributed by atoms with Gasteiger partial charge in [0.1, 0.15) is 5.70 Å². The number of amides is 2. The first-order valence-electron chi connectivity index (χ1n) is 8.72. The number of benzene rings is 2. The van der Waals surface area contributed by atoms with Crippen LogP contribution in [-0.2, 0) is 4.79 Å². The molecule has 0 spiro atoms. The summed E-state index contributed by atoms with van der Waals surface area (Å²) >= 11 is 6.09. The molecule has 1 heterocycles. The van der Waals surface area contributed by atoms with E-state index in [4.69, 9.17) is 16.0 Å². The van der Waals surface area contributed by atoms with Crippen molar-refractivity contribution < 1.29 is 18.9 Å². The van der Waals surface area contributed by atoms with Crippen molar-refractivity contribution >= 4 is 40.9 Å². The van der Waals surface area contributed by atoms with E-state index in [1.165, 1.54) is 42.7 Å². The number of furan rings is 1. The average molecular weight is 426 g/mol. The van der Waals surface area contributed by atoms with Gasteiger partial charge in [0.2, 0.25) is 0 Å². The van der Waals surface area contributed by atoms with Crippen LogP contribution >= 0.6 is 11.6 Å². The minimum absolute atomic E-state index is 0.00567. The quantitative estimate of drug-likeness (QED) is 0.341. The summed E-state index contributed by atoms with van der Waals surface area (Å²) in [6.07, 6.45) is 2.66. The van der Waals surface area contributed by atoms with Crippen LogP contribution in [0.15, 0.2) is 71.0 Å². The first-order valence-corrected chi connectivity index (χ1v) is 9.10. The smallest absolute Gasteiger partial charge is 0.291 e. The van der Waals surface area contributed by atoms with Crippen molar-refractivity contribution in [1.82, 2.24) is 5.32 Å². The minimum Gasteiger partial charge on any atom is -0.459 e. The molecule has 0 saturated carbocycles. The number of rotatable bonds is 6. The van der Waals surface area contributed by atoms with Gasteiger partial charge in [0.15, 0.2) is 5.76 Å². The number of aryl methyl sites for hydroxylation is 1. The minimum atomic E-state index is -0.645. The van der Waals surface area contributed by atoms with Crippen LogP contribution in [0.4, 0.5) is 11.4 Å². The van der Waals surface area contributed by atoms with Crippen LogP contribution in [0.5, 0.6) is 0 Å². The van der Waals surface area contributed by atoms with Crippen molar-refractivity contribution in [2.45, 2.75) is 6.92 Å². The van der Waals surface area contributed by atoms with Crippen LogP contribution in [0.1, 0.15) is 21.7 Å². The lowest BCUT2D eigenvalue weighted by molar-refractivity contribution is -0.384. The van der Waals surface area contributed by atoms with E-state index in [2.05, 4.69) is 10.6 Å². The zero-order valence-corrected chi connectivity index (χ0v) is 16.5. The number of carbonyl (C=O) groups is 2. The molecule has 0 aliphatic rings. The first kappa shape index (κ1) is 20.8. The van der Waals surface area contributed by atoms with E-state index >= 15 is 0 Å². The van der Waals surface area contributed by atoms with Gasteiger partial charge in [0.25, 0.3) is 17.5 Å². The molecular formula is C21H16ClN3O5. The summed E-state index contributed by atoms with van der Waals surface area (Å²) in [7, 11) is 0. The predicted octanol–water partition coefficient (Wildman–Crippen LogP) is 4.56. The Kier molecular flexibility index (Phi) is 6.29. The van der Waals surface area contributed by atoms with Gasteiger partial charge in [0.05, 0.1) is 11.2 Å². The summed E-state index contributed by atoms with van der Waals surface area (Å²) in [5, 5.41) is 16.6. The standard InChI is InChI=1S/C21H16ClN3O5/c1-13-7-8-15(12-17(13)22)23-20(26)18(24-21(27)19-6-3-9-30-19)11-14-4-2-5-16(10-14)25(28)29/h2-12H,1H3,(H,23,26)(H,24,27). The second-order valence-electron chi connectivity index (χ2n) is 6.26. The monoisotopic (exact) mass is 425 g/mol. The van der Waals surface area contributed by atoms with E-state index in [9.17, 15) is 19.7 Å². The largest absolute Gasteiger partial charge is 0.459 e. The number of nitrogens with zero attached hydrogens (tertiary/aromatic N) is 1. The van der Waals surface area contributed by atoms with Crippen molar-refractivity contribution in [2.24, 2.45) is 0 Å². The molecule has 2 N–H and O–H groups in total. The van der Waals surface area contributed by atoms with Crippen LogP contribution in [-0.4, -0.2) is 16.7 Å². The molecule has 0 radical (unpaired) electrons. The van der Waals surface area contributed by atoms with Gasteiger partial charge in [-0.3, -0.25) is 19.7 Å². The van der Waals surface area contributed by atoms with Gasteiger partial charge in [0, 0.05) is 22.8 Å². The third-order valence-electron chi connectivity index (χ3n) is 4.06. The summed E-state index contributed by atoms with van der Waals surface area (Å²) < 4.78 is 5.05. The summed E-state index contributed by atoms with van der Waals surface area (Å²) in [6, 6.07) is 13.6. The lowest BCUT2D eigenvalue weighted by Crippen LogP contribution is -2.30. The Hall–Kier alpha value is -3.91. The fourth-order valence-corrected chi connectivity index (χ4v) is 2.69. The molecule has 0 aliphatic heterocycles. The number of anilines is 1. The van der Waals surface area contributed by atoms with Gasteiger partial charge in [-0.1, -0.05) is 29.8 Å². The van der Waals surface area contributed by atoms with E-state index in [-0.39, 0.29) is 17.1 Å². The molecule has 2 aromatic carbocycles. The Morgan fingerprint density at radius 2 is 1.93 bits per heavy atom. The summed E-state index contributed by atoms with van der Waals surface area (Å²) in [5.74, 6) is -1.28. The lowest BCUT2D eigenvalue weighted by Gasteiger charge is -2.11. The number of nitro groups is 1. The number of nitrogens with one attached hydrogen (secondary N) is 2. The van der Waals surface area contributed by atoms with Crippen molar-refractivity contribution in [3.8, 4) is 0 Å². The maximum absolute atomic E-state index is 12.8. The molecule has 9 heteroatoms. The van der Waals surface area contributed by atoms with Gasteiger partial charge in [-0.05, 0) is 48.4 Å². The molecular weight excluding hydrogens is 410 g/mol. The number of carbonyl (C=O) groups excluding carboxylic acids is 2. The van der Waals surface area contributed by atoms with Gasteiger partial charge in [-0.25, -0.2) is 0 Å². The molecule has 30 heavy (non-hydrogen) atoms. The van der Waals surface area contributed by atoms with E-state index in [0.717, 1.165) is 5.56 Å². The molecule has 3 aromatic rings. The number of non-ortho nitro benzene ring substituents is 1. The Labute approximate surface area is 176 Å². The van der Waals surface area contributed by atoms with Crippen molar-refractivity contribution in [3.63, 3.8) is 0 Å². The Balaban J connectivity index is 1.92. The van der Waals surface area contributed by atoms with E-state index < -0.39 is 16.7 Å². The van der Waals surface area contributed by atoms with Crippen molar-refractivity contribution in [2.75, 3.05) is 5.32 Å². The van der Waals surface area contributed by atoms with Crippen LogP contribution in [0, 0.1) is 17.0 Å². The lowest BCUT2D eigenvalue weighted by atomic mass is 10.1. The molecule has 0 atom stereocenters. The Morgan fingerprint density at radius 1 is 1.13 bits per heavy atom. The van der Waals surface area contributed by atoms with E-state index in [1.807, 2.05) is 6.92 Å². The van der Waals surface area contributed by atoms with Gasteiger partial charge < -0.3 is 15.1 Å². The molecule has 152 valence electrons. The summed E-state index contributed by atoms with van der Waals surface area (Å²) in [5.41, 5.74) is 1.34. The highest BCUT2D eigenvalue weighted by molar-refractivity contribution is 6.31. The number of nitro benzene ring substituents is 1. The van der Waals surface area contributed by atoms with Crippen LogP contribution in [0.3, 0.4) is 0 Å². The summed E-state index contributed by atoms with van der Waals surface area (Å²) in [6.45, 7) is 1.82. The molecule has 0 unspecified atom stereocenters. The zero-order chi connectivity index (χ0) is 21.7. The molecule has 0 fully saturated rings. The number of hydrogen-bond donors (Lipinski definition) is 2. The fraction of sp³-hybridized carbons (Fsp3) is 0.0476. The van der Waals surface area contributed by atoms with Crippen molar-refractivity contribution in [1.29, 1.82) is 0 Å². The molecule has 0 aliphatic carbocycles. The summed E-state index contributed by atoms with van der Waals surface area (Å²) in [4.78, 5) is 35.7. The highest BCUT2D eigenvalue weighted by atomic mass is 35.5. The third-order valence-corrected chi connectivity index (χ3v) is 4.47. The molecule has 0 bridgehead atoms. The molecule has 8 nitrogen and oxygen atoms in total. The zero-order valence-electron chi connectivity index (χ0n) is 15.7. The van der Waals surface area contributed by atoms with Crippen molar-refractivity contribution in [3.05, 3.63) is 98.6 Å². The first-order chi connectivity index (χ1) is 14.3. The Bertz CT molecular complexity index is 1140. The SMILES string of the molecule is Cc1ccc(NC(=O)C(=Cc2cccc([N+](=O)[O-])c2)NC(=O)c2ccco2)cc1Cl. The molecule has 1 aromatic heterocycles. The van der Waals surface area contributed by atoms with Crippen LogP contribution in [0.25, 0.3) is 6.08 Å². The number of hydrogen-bond acceptors (Lipinski definition) is 5. The van der Waals surface area contributed by atoms with E-state index in [1.54, 1.807) is 24.3 Å². The second kappa shape index (κ2) is 9.06. The van der Waals surface area contributed by atoms with Crippen LogP contribution < -0.4 is 10.6 Å². The second-order valence-corrected chi connectivity index (χ2v) is 6.67. The van der Waals surface area contributed by atoms with E-state index in [0.29, 0.717) is 16.3 Å². The fourth-order valence-electron chi connectivity index (χ4n) is 2.51. The molecule has 3 rings (SSSR count). The maximum Gasteiger partial charge on any atom is 0.291 e. The maximum atomic E-state index is 12.8. The Morgan fingerprint density at radius 3 is 2.60 bits per heavy atom. The van der Waals surface area contributed by atoms with Gasteiger partial charge >= 0.3 is 0 Å². The van der Waals surface area contributed by atoms with Crippen LogP contribution in [0.2, 0.25) is 5.02 Å². The normalized spacial score (nSPS) is 11.1. The number of halogens is 1. The highest BCUT2D eigenvalue weighted by Gasteiger charge is 2.17. The predicted molar refractivity (Wildman–Crippen MR) is 112 cm³/mol. The van der Waals surface area contributed by atoms with Gasteiger partial charge in [-0.2, -0.15) is 0 Å².